The zero-order valence-corrected chi connectivity index (χ0v) is 25.0. The van der Waals surface area contributed by atoms with Crippen LogP contribution in [-0.4, -0.2) is 44.2 Å². The van der Waals surface area contributed by atoms with Crippen molar-refractivity contribution >= 4 is 66.8 Å². The molecule has 0 heterocycles. The van der Waals surface area contributed by atoms with Gasteiger partial charge in [-0.3, -0.25) is 9.59 Å². The molecule has 14 heteroatoms. The Morgan fingerprint density at radius 2 is 1.21 bits per heavy atom. The van der Waals surface area contributed by atoms with Crippen molar-refractivity contribution in [2.24, 2.45) is 0 Å². The monoisotopic (exact) mass is 660 g/mol. The second-order valence-corrected chi connectivity index (χ2v) is 11.1. The largest absolute Gasteiger partial charge is 0.534 e. The highest BCUT2D eigenvalue weighted by molar-refractivity contribution is 7.88. The first-order valence-corrected chi connectivity index (χ1v) is 14.8. The molecule has 0 unspecified atom stereocenters. The van der Waals surface area contributed by atoms with Crippen molar-refractivity contribution in [1.29, 1.82) is 0 Å². The summed E-state index contributed by atoms with van der Waals surface area (Å²) < 4.78 is 73.4. The molecule has 8 nitrogen and oxygen atoms in total. The van der Waals surface area contributed by atoms with Crippen LogP contribution in [-0.2, 0) is 42.0 Å². The molecule has 230 valence electrons. The first-order valence-electron chi connectivity index (χ1n) is 12.6. The van der Waals surface area contributed by atoms with Crippen LogP contribution in [0.2, 0.25) is 10.0 Å². The Balaban J connectivity index is 0.000000248. The number of rotatable bonds is 8. The van der Waals surface area contributed by atoms with Gasteiger partial charge < -0.3 is 18.8 Å². The predicted molar refractivity (Wildman–Crippen MR) is 156 cm³/mol. The zero-order valence-electron chi connectivity index (χ0n) is 22.7. The fourth-order valence-corrected chi connectivity index (χ4v) is 4.89. The van der Waals surface area contributed by atoms with Crippen LogP contribution in [0.1, 0.15) is 25.0 Å². The summed E-state index contributed by atoms with van der Waals surface area (Å²) in [6.45, 7) is 3.87. The second kappa shape index (κ2) is 14.2. The van der Waals surface area contributed by atoms with Gasteiger partial charge in [0.1, 0.15) is 11.5 Å². The molecule has 0 saturated carbocycles. The molecule has 4 rings (SSSR count). The summed E-state index contributed by atoms with van der Waals surface area (Å²) in [6, 6.07) is 15.2. The second-order valence-electron chi connectivity index (χ2n) is 8.79. The van der Waals surface area contributed by atoms with Crippen LogP contribution in [0.3, 0.4) is 0 Å². The van der Waals surface area contributed by atoms with E-state index in [0.29, 0.717) is 28.1 Å². The molecular formula is C29H25Cl2F3O8S. The maximum atomic E-state index is 12.4. The van der Waals surface area contributed by atoms with Gasteiger partial charge in [0.25, 0.3) is 0 Å². The number of hydrogen-bond acceptors (Lipinski definition) is 8. The van der Waals surface area contributed by atoms with Crippen molar-refractivity contribution in [3.8, 4) is 11.5 Å². The lowest BCUT2D eigenvalue weighted by molar-refractivity contribution is -0.143. The summed E-state index contributed by atoms with van der Waals surface area (Å²) in [4.78, 5) is 23.2. The molecule has 0 atom stereocenters. The van der Waals surface area contributed by atoms with Gasteiger partial charge in [0, 0.05) is 10.0 Å². The van der Waals surface area contributed by atoms with E-state index >= 15 is 0 Å². The molecule has 1 N–H and O–H groups in total. The molecule has 4 aromatic rings. The molecule has 0 bridgehead atoms. The van der Waals surface area contributed by atoms with E-state index in [0.717, 1.165) is 22.9 Å². The highest BCUT2D eigenvalue weighted by Crippen LogP contribution is 2.33. The minimum absolute atomic E-state index is 0.105. The molecule has 0 radical (unpaired) electrons. The maximum Gasteiger partial charge on any atom is 0.534 e. The van der Waals surface area contributed by atoms with Crippen LogP contribution in [0.5, 0.6) is 11.5 Å². The molecule has 43 heavy (non-hydrogen) atoms. The summed E-state index contributed by atoms with van der Waals surface area (Å²) in [6.07, 6.45) is -0.118. The van der Waals surface area contributed by atoms with Gasteiger partial charge in [-0.05, 0) is 82.9 Å². The number of carbonyl (C=O) groups is 2. The van der Waals surface area contributed by atoms with Crippen molar-refractivity contribution in [3.63, 3.8) is 0 Å². The van der Waals surface area contributed by atoms with Crippen LogP contribution in [0, 0.1) is 0 Å². The lowest BCUT2D eigenvalue weighted by Crippen LogP contribution is -2.28. The number of fused-ring (bicyclic) bond motifs is 2. The van der Waals surface area contributed by atoms with E-state index in [4.69, 9.17) is 32.7 Å². The summed E-state index contributed by atoms with van der Waals surface area (Å²) in [5, 5.41) is 12.7. The van der Waals surface area contributed by atoms with E-state index in [1.807, 2.05) is 6.07 Å². The summed E-state index contributed by atoms with van der Waals surface area (Å²) >= 11 is 12.2. The van der Waals surface area contributed by atoms with Crippen molar-refractivity contribution < 1.29 is 49.9 Å². The summed E-state index contributed by atoms with van der Waals surface area (Å²) in [7, 11) is -5.80. The van der Waals surface area contributed by atoms with Gasteiger partial charge in [0.15, 0.2) is 0 Å². The van der Waals surface area contributed by atoms with E-state index in [2.05, 4.69) is 4.18 Å². The molecule has 0 spiro atoms. The van der Waals surface area contributed by atoms with Crippen molar-refractivity contribution in [2.45, 2.75) is 32.2 Å². The van der Waals surface area contributed by atoms with Gasteiger partial charge >= 0.3 is 27.6 Å². The van der Waals surface area contributed by atoms with Crippen molar-refractivity contribution in [3.05, 3.63) is 81.8 Å². The number of carbonyl (C=O) groups excluding carboxylic acids is 2. The number of esters is 2. The van der Waals surface area contributed by atoms with E-state index in [9.17, 15) is 36.3 Å². The summed E-state index contributed by atoms with van der Waals surface area (Å²) in [5.41, 5.74) is -4.57. The third-order valence-electron chi connectivity index (χ3n) is 5.85. The fourth-order valence-electron chi connectivity index (χ4n) is 3.98. The van der Waals surface area contributed by atoms with Gasteiger partial charge in [-0.2, -0.15) is 21.6 Å². The Morgan fingerprint density at radius 1 is 0.767 bits per heavy atom. The van der Waals surface area contributed by atoms with E-state index < -0.39 is 27.3 Å². The lowest BCUT2D eigenvalue weighted by atomic mass is 10.0. The number of ether oxygens (including phenoxy) is 2. The number of hydrogen-bond donors (Lipinski definition) is 1. The van der Waals surface area contributed by atoms with Crippen molar-refractivity contribution in [1.82, 2.24) is 0 Å². The van der Waals surface area contributed by atoms with Crippen LogP contribution in [0.4, 0.5) is 13.2 Å². The Morgan fingerprint density at radius 3 is 1.67 bits per heavy atom. The van der Waals surface area contributed by atoms with Gasteiger partial charge in [0.05, 0.1) is 26.1 Å². The average molecular weight is 661 g/mol. The molecule has 0 saturated heterocycles. The zero-order chi connectivity index (χ0) is 31.9. The molecule has 0 aromatic heterocycles. The highest BCUT2D eigenvalue weighted by Gasteiger charge is 2.48. The molecule has 0 amide bonds. The third kappa shape index (κ3) is 8.65. The smallest absolute Gasteiger partial charge is 0.508 e. The molecular weight excluding hydrogens is 636 g/mol. The summed E-state index contributed by atoms with van der Waals surface area (Å²) in [5.74, 6) is -1.30. The quantitative estimate of drug-likeness (QED) is 0.121. The normalized spacial score (nSPS) is 11.5. The highest BCUT2D eigenvalue weighted by atomic mass is 35.5. The minimum Gasteiger partial charge on any atom is -0.508 e. The van der Waals surface area contributed by atoms with Crippen molar-refractivity contribution in [2.75, 3.05) is 13.2 Å². The minimum atomic E-state index is -5.80. The Hall–Kier alpha value is -3.74. The van der Waals surface area contributed by atoms with Gasteiger partial charge in [0.2, 0.25) is 0 Å². The molecule has 4 aromatic carbocycles. The van der Waals surface area contributed by atoms with E-state index in [-0.39, 0.29) is 41.6 Å². The molecule has 0 fully saturated rings. The van der Waals surface area contributed by atoms with E-state index in [1.165, 1.54) is 12.1 Å². The van der Waals surface area contributed by atoms with Gasteiger partial charge in [-0.1, -0.05) is 47.5 Å². The molecule has 0 aliphatic carbocycles. The number of benzene rings is 4. The number of aromatic hydroxyl groups is 1. The van der Waals surface area contributed by atoms with Crippen LogP contribution in [0.15, 0.2) is 60.7 Å². The third-order valence-corrected chi connectivity index (χ3v) is 7.54. The average Bonchev–Trinajstić information content (AvgIpc) is 2.92. The lowest BCUT2D eigenvalue weighted by Gasteiger charge is -2.12. The predicted octanol–water partition coefficient (Wildman–Crippen LogP) is 7.13. The van der Waals surface area contributed by atoms with Gasteiger partial charge in [-0.25, -0.2) is 0 Å². The number of phenols is 1. The first kappa shape index (κ1) is 33.8. The molecule has 0 aliphatic rings. The standard InChI is InChI=1S/C15H12ClF3O5S.C14H13ClO3/c1-2-23-14(20)8-12-11-7-10(24-25(21,22)15(17,18)19)5-3-9(11)4-6-13(12)16;1-2-18-14(17)8-12-11-7-10(16)5-3-9(11)4-6-13(12)15/h3-7H,2,8H2,1H3;3-7,16H,2,8H2,1H3. The van der Waals surface area contributed by atoms with Gasteiger partial charge in [-0.15, -0.1) is 0 Å². The number of phenolic OH excluding ortho intramolecular Hbond substituents is 1. The van der Waals surface area contributed by atoms with Crippen LogP contribution in [0.25, 0.3) is 21.5 Å². The first-order chi connectivity index (χ1) is 20.2. The Labute approximate surface area is 255 Å². The van der Waals surface area contributed by atoms with Crippen LogP contribution < -0.4 is 4.18 Å². The maximum absolute atomic E-state index is 12.4. The number of alkyl halides is 3. The van der Waals surface area contributed by atoms with E-state index in [1.54, 1.807) is 44.2 Å². The number of halogens is 5. The molecule has 0 aliphatic heterocycles. The topological polar surface area (TPSA) is 116 Å². The Bertz CT molecular complexity index is 1750. The van der Waals surface area contributed by atoms with Crippen LogP contribution >= 0.6 is 23.2 Å². The Kier molecular flexibility index (Phi) is 11.1. The fraction of sp³-hybridized carbons (Fsp3) is 0.241. The SMILES string of the molecule is CCOC(=O)Cc1c(Cl)ccc2ccc(O)cc12.CCOC(=O)Cc1c(Cl)ccc2ccc(OS(=O)(=O)C(F)(F)F)cc12.